The van der Waals surface area contributed by atoms with E-state index in [9.17, 15) is 0 Å². The topological polar surface area (TPSA) is 67.4 Å². The van der Waals surface area contributed by atoms with E-state index in [-0.39, 0.29) is 0 Å². The molecule has 0 saturated carbocycles. The molecule has 5 nitrogen and oxygen atoms in total. The first-order valence-electron chi connectivity index (χ1n) is 4.25. The first kappa shape index (κ1) is 9.68. The van der Waals surface area contributed by atoms with Crippen molar-refractivity contribution in [2.75, 3.05) is 5.75 Å². The van der Waals surface area contributed by atoms with Crippen LogP contribution in [0.3, 0.4) is 0 Å². The molecule has 0 atom stereocenters. The van der Waals surface area contributed by atoms with E-state index in [0.717, 1.165) is 5.69 Å². The molecule has 2 aromatic rings. The summed E-state index contributed by atoms with van der Waals surface area (Å²) < 4.78 is 1.61. The van der Waals surface area contributed by atoms with Crippen LogP contribution in [-0.4, -0.2) is 26.0 Å². The smallest absolute Gasteiger partial charge is 0.197 e. The fraction of sp³-hybridized carbons (Fsp3) is 0.111. The predicted molar refractivity (Wildman–Crippen MR) is 55.5 cm³/mol. The Kier molecular flexibility index (Phi) is 2.95. The van der Waals surface area contributed by atoms with Gasteiger partial charge >= 0.3 is 0 Å². The van der Waals surface area contributed by atoms with Crippen LogP contribution in [0, 0.1) is 11.3 Å². The number of benzene rings is 1. The lowest BCUT2D eigenvalue weighted by Gasteiger charge is -2.00. The zero-order chi connectivity index (χ0) is 10.5. The van der Waals surface area contributed by atoms with Crippen molar-refractivity contribution in [3.8, 4) is 11.8 Å². The molecule has 0 bridgehead atoms. The Morgan fingerprint density at radius 3 is 2.87 bits per heavy atom. The Hall–Kier alpha value is -1.87. The number of para-hydroxylation sites is 1. The molecule has 0 saturated heterocycles. The quantitative estimate of drug-likeness (QED) is 0.724. The summed E-state index contributed by atoms with van der Waals surface area (Å²) in [5, 5.41) is 20.4. The average Bonchev–Trinajstić information content (AvgIpc) is 2.75. The summed E-state index contributed by atoms with van der Waals surface area (Å²) in [6.07, 6.45) is 0. The lowest BCUT2D eigenvalue weighted by molar-refractivity contribution is 0.757. The summed E-state index contributed by atoms with van der Waals surface area (Å²) in [7, 11) is 0. The minimum Gasteiger partial charge on any atom is -0.197 e. The Bertz CT molecular complexity index is 473. The molecule has 0 radical (unpaired) electrons. The van der Waals surface area contributed by atoms with Crippen LogP contribution < -0.4 is 0 Å². The van der Waals surface area contributed by atoms with Gasteiger partial charge in [-0.2, -0.15) is 9.94 Å². The molecule has 0 fully saturated rings. The molecule has 1 aromatic heterocycles. The van der Waals surface area contributed by atoms with Crippen LogP contribution in [-0.2, 0) is 0 Å². The number of rotatable bonds is 3. The number of nitriles is 1. The van der Waals surface area contributed by atoms with Crippen molar-refractivity contribution in [2.24, 2.45) is 0 Å². The molecule has 6 heteroatoms. The maximum atomic E-state index is 8.48. The summed E-state index contributed by atoms with van der Waals surface area (Å²) in [6, 6.07) is 11.6. The van der Waals surface area contributed by atoms with Gasteiger partial charge in [0.1, 0.15) is 0 Å². The number of thioether (sulfide) groups is 1. The highest BCUT2D eigenvalue weighted by Crippen LogP contribution is 2.16. The molecule has 15 heavy (non-hydrogen) atoms. The summed E-state index contributed by atoms with van der Waals surface area (Å²) in [4.78, 5) is 0. The zero-order valence-electron chi connectivity index (χ0n) is 7.74. The first-order valence-corrected chi connectivity index (χ1v) is 5.24. The second-order valence-electron chi connectivity index (χ2n) is 2.66. The molecule has 1 heterocycles. The van der Waals surface area contributed by atoms with Gasteiger partial charge in [-0.25, -0.2) is 0 Å². The highest BCUT2D eigenvalue weighted by atomic mass is 32.2. The van der Waals surface area contributed by atoms with Crippen LogP contribution in [0.4, 0.5) is 0 Å². The van der Waals surface area contributed by atoms with E-state index in [1.54, 1.807) is 4.68 Å². The van der Waals surface area contributed by atoms with Crippen LogP contribution in [0.5, 0.6) is 0 Å². The van der Waals surface area contributed by atoms with Crippen LogP contribution in [0.1, 0.15) is 0 Å². The molecule has 0 spiro atoms. The Morgan fingerprint density at radius 1 is 1.33 bits per heavy atom. The maximum absolute atomic E-state index is 8.48. The molecule has 0 unspecified atom stereocenters. The third kappa shape index (κ3) is 2.14. The number of tetrazole rings is 1. The minimum absolute atomic E-state index is 0.340. The second kappa shape index (κ2) is 4.57. The van der Waals surface area contributed by atoms with Crippen molar-refractivity contribution in [1.82, 2.24) is 20.2 Å². The molecule has 0 aliphatic heterocycles. The van der Waals surface area contributed by atoms with Gasteiger partial charge in [0.05, 0.1) is 17.5 Å². The molecule has 2 rings (SSSR count). The lowest BCUT2D eigenvalue weighted by Crippen LogP contribution is -1.98. The molecule has 0 N–H and O–H groups in total. The fourth-order valence-electron chi connectivity index (χ4n) is 1.10. The first-order chi connectivity index (χ1) is 7.42. The van der Waals surface area contributed by atoms with Crippen LogP contribution in [0.25, 0.3) is 5.69 Å². The molecule has 0 amide bonds. The molecular formula is C9H7N5S. The van der Waals surface area contributed by atoms with Crippen molar-refractivity contribution < 1.29 is 0 Å². The lowest BCUT2D eigenvalue weighted by atomic mass is 10.3. The van der Waals surface area contributed by atoms with E-state index in [0.29, 0.717) is 10.9 Å². The van der Waals surface area contributed by atoms with Gasteiger partial charge in [0.2, 0.25) is 5.16 Å². The van der Waals surface area contributed by atoms with Gasteiger partial charge < -0.3 is 0 Å². The van der Waals surface area contributed by atoms with Crippen molar-refractivity contribution in [3.63, 3.8) is 0 Å². The van der Waals surface area contributed by atoms with Gasteiger partial charge in [-0.3, -0.25) is 0 Å². The van der Waals surface area contributed by atoms with E-state index in [2.05, 4.69) is 15.5 Å². The number of aromatic nitrogens is 4. The van der Waals surface area contributed by atoms with Crippen LogP contribution in [0.2, 0.25) is 0 Å². The molecule has 1 aromatic carbocycles. The number of hydrogen-bond acceptors (Lipinski definition) is 5. The molecule has 0 aliphatic rings. The standard InChI is InChI=1S/C9H7N5S/c10-6-7-15-9-11-12-13-14(9)8-4-2-1-3-5-8/h1-5H,7H2. The largest absolute Gasteiger partial charge is 0.215 e. The highest BCUT2D eigenvalue weighted by Gasteiger charge is 2.07. The van der Waals surface area contributed by atoms with E-state index in [1.165, 1.54) is 11.8 Å². The van der Waals surface area contributed by atoms with Gasteiger partial charge in [-0.1, -0.05) is 30.0 Å². The number of nitrogens with zero attached hydrogens (tertiary/aromatic N) is 5. The zero-order valence-corrected chi connectivity index (χ0v) is 8.55. The predicted octanol–water partition coefficient (Wildman–Crippen LogP) is 1.28. The second-order valence-corrected chi connectivity index (χ2v) is 3.60. The van der Waals surface area contributed by atoms with Crippen molar-refractivity contribution >= 4 is 11.8 Å². The Balaban J connectivity index is 2.30. The summed E-state index contributed by atoms with van der Waals surface area (Å²) >= 11 is 1.31. The number of hydrogen-bond donors (Lipinski definition) is 0. The van der Waals surface area contributed by atoms with Gasteiger partial charge in [-0.15, -0.1) is 5.10 Å². The molecular weight excluding hydrogens is 210 g/mol. The van der Waals surface area contributed by atoms with Crippen LogP contribution in [0.15, 0.2) is 35.5 Å². The monoisotopic (exact) mass is 217 g/mol. The summed E-state index contributed by atoms with van der Waals surface area (Å²) in [5.74, 6) is 0.340. The Morgan fingerprint density at radius 2 is 2.13 bits per heavy atom. The molecule has 74 valence electrons. The van der Waals surface area contributed by atoms with E-state index >= 15 is 0 Å². The summed E-state index contributed by atoms with van der Waals surface area (Å²) in [6.45, 7) is 0. The fourth-order valence-corrected chi connectivity index (χ4v) is 1.65. The van der Waals surface area contributed by atoms with Crippen molar-refractivity contribution in [2.45, 2.75) is 5.16 Å². The van der Waals surface area contributed by atoms with Gasteiger partial charge in [0.25, 0.3) is 0 Å². The highest BCUT2D eigenvalue weighted by molar-refractivity contribution is 7.99. The van der Waals surface area contributed by atoms with E-state index in [4.69, 9.17) is 5.26 Å². The van der Waals surface area contributed by atoms with Crippen molar-refractivity contribution in [1.29, 1.82) is 5.26 Å². The maximum Gasteiger partial charge on any atom is 0.215 e. The van der Waals surface area contributed by atoms with Gasteiger partial charge in [-0.05, 0) is 22.6 Å². The Labute approximate surface area is 90.7 Å². The SMILES string of the molecule is N#CCSc1nnnn1-c1ccccc1. The van der Waals surface area contributed by atoms with E-state index in [1.807, 2.05) is 36.4 Å². The third-order valence-corrected chi connectivity index (χ3v) is 2.49. The average molecular weight is 217 g/mol. The van der Waals surface area contributed by atoms with Gasteiger partial charge in [0.15, 0.2) is 0 Å². The van der Waals surface area contributed by atoms with Gasteiger partial charge in [0, 0.05) is 0 Å². The molecule has 0 aliphatic carbocycles. The van der Waals surface area contributed by atoms with Crippen LogP contribution >= 0.6 is 11.8 Å². The van der Waals surface area contributed by atoms with Crippen molar-refractivity contribution in [3.05, 3.63) is 30.3 Å². The minimum atomic E-state index is 0.340. The van der Waals surface area contributed by atoms with E-state index < -0.39 is 0 Å². The summed E-state index contributed by atoms with van der Waals surface area (Å²) in [5.41, 5.74) is 0.892. The third-order valence-electron chi connectivity index (χ3n) is 1.71. The normalized spacial score (nSPS) is 9.80.